The lowest BCUT2D eigenvalue weighted by molar-refractivity contribution is -0.140. The second kappa shape index (κ2) is 5.30. The number of nitrogens with one attached hydrogen (secondary N) is 1. The van der Waals surface area contributed by atoms with Crippen LogP contribution in [0, 0.1) is 0 Å². The Balaban J connectivity index is 2.65. The zero-order valence-corrected chi connectivity index (χ0v) is 9.93. The first kappa shape index (κ1) is 11.4. The second-order valence-corrected chi connectivity index (χ2v) is 4.07. The van der Waals surface area contributed by atoms with Crippen molar-refractivity contribution in [3.8, 4) is 0 Å². The molecule has 78 valence electrons. The van der Waals surface area contributed by atoms with E-state index in [9.17, 15) is 4.79 Å². The van der Waals surface area contributed by atoms with E-state index >= 15 is 0 Å². The Morgan fingerprint density at radius 1 is 1.86 bits per heavy atom. The number of carbonyl (C=O) groups is 1. The molecule has 1 atom stereocenters. The van der Waals surface area contributed by atoms with E-state index in [1.54, 1.807) is 15.6 Å². The third kappa shape index (κ3) is 2.95. The molecule has 14 heavy (non-hydrogen) atoms. The third-order valence-electron chi connectivity index (χ3n) is 1.88. The van der Waals surface area contributed by atoms with E-state index < -0.39 is 12.0 Å². The summed E-state index contributed by atoms with van der Waals surface area (Å²) in [5.41, 5.74) is 0.771. The second-order valence-electron chi connectivity index (χ2n) is 2.83. The van der Waals surface area contributed by atoms with Crippen molar-refractivity contribution in [2.75, 3.05) is 6.54 Å². The number of hydrogen-bond donors (Lipinski definition) is 2. The summed E-state index contributed by atoms with van der Waals surface area (Å²) in [6, 6.07) is -0.510. The SMILES string of the molecule is CCN(I)C(Cc1c[nH]cn1)C(=O)O. The Kier molecular flexibility index (Phi) is 4.33. The van der Waals surface area contributed by atoms with Gasteiger partial charge >= 0.3 is 5.97 Å². The lowest BCUT2D eigenvalue weighted by atomic mass is 10.1. The van der Waals surface area contributed by atoms with Crippen molar-refractivity contribution in [3.63, 3.8) is 0 Å². The van der Waals surface area contributed by atoms with Crippen molar-refractivity contribution in [2.24, 2.45) is 0 Å². The maximum Gasteiger partial charge on any atom is 0.322 e. The van der Waals surface area contributed by atoms with Gasteiger partial charge in [0.05, 0.1) is 12.0 Å². The van der Waals surface area contributed by atoms with E-state index in [1.807, 2.05) is 29.8 Å². The Labute approximate surface area is 96.0 Å². The molecule has 0 aliphatic rings. The molecule has 0 radical (unpaired) electrons. The van der Waals surface area contributed by atoms with Gasteiger partial charge in [-0.05, 0) is 0 Å². The molecule has 0 aliphatic heterocycles. The summed E-state index contributed by atoms with van der Waals surface area (Å²) in [5.74, 6) is -0.816. The minimum absolute atomic E-state index is 0.426. The van der Waals surface area contributed by atoms with Gasteiger partial charge in [-0.2, -0.15) is 0 Å². The number of H-pyrrole nitrogens is 1. The summed E-state index contributed by atoms with van der Waals surface area (Å²) in [6.45, 7) is 2.62. The van der Waals surface area contributed by atoms with Crippen molar-refractivity contribution in [1.29, 1.82) is 0 Å². The molecule has 0 amide bonds. The van der Waals surface area contributed by atoms with E-state index in [-0.39, 0.29) is 0 Å². The Bertz CT molecular complexity index is 289. The van der Waals surface area contributed by atoms with E-state index in [2.05, 4.69) is 9.97 Å². The molecule has 2 N–H and O–H groups in total. The molecule has 6 heteroatoms. The minimum Gasteiger partial charge on any atom is -0.480 e. The number of halogens is 1. The number of aromatic amines is 1. The first-order chi connectivity index (χ1) is 6.65. The molecule has 0 bridgehead atoms. The van der Waals surface area contributed by atoms with Crippen molar-refractivity contribution >= 4 is 28.8 Å². The molecule has 1 heterocycles. The first-order valence-corrected chi connectivity index (χ1v) is 5.24. The Morgan fingerprint density at radius 2 is 2.57 bits per heavy atom. The van der Waals surface area contributed by atoms with Crippen molar-refractivity contribution in [1.82, 2.24) is 13.1 Å². The molecule has 0 spiro atoms. The summed E-state index contributed by atoms with van der Waals surface area (Å²) in [5, 5.41) is 8.99. The summed E-state index contributed by atoms with van der Waals surface area (Å²) < 4.78 is 1.76. The normalized spacial score (nSPS) is 13.1. The number of carboxylic acids is 1. The van der Waals surface area contributed by atoms with Gasteiger partial charge in [0.1, 0.15) is 6.04 Å². The fraction of sp³-hybridized carbons (Fsp3) is 0.500. The van der Waals surface area contributed by atoms with Crippen LogP contribution in [0.25, 0.3) is 0 Å². The van der Waals surface area contributed by atoms with Crippen LogP contribution in [0.1, 0.15) is 12.6 Å². The maximum atomic E-state index is 10.9. The van der Waals surface area contributed by atoms with Gasteiger partial charge in [-0.1, -0.05) is 6.92 Å². The average molecular weight is 309 g/mol. The van der Waals surface area contributed by atoms with Gasteiger partial charge in [0.25, 0.3) is 0 Å². The lowest BCUT2D eigenvalue weighted by Crippen LogP contribution is -2.36. The van der Waals surface area contributed by atoms with Gasteiger partial charge in [0.2, 0.25) is 0 Å². The van der Waals surface area contributed by atoms with Gasteiger partial charge in [0.15, 0.2) is 0 Å². The molecule has 1 rings (SSSR count). The smallest absolute Gasteiger partial charge is 0.322 e. The van der Waals surface area contributed by atoms with E-state index in [1.165, 1.54) is 0 Å². The van der Waals surface area contributed by atoms with Crippen LogP contribution < -0.4 is 0 Å². The van der Waals surface area contributed by atoms with Gasteiger partial charge < -0.3 is 10.1 Å². The molecule has 1 unspecified atom stereocenters. The molecule has 0 fully saturated rings. The number of likely N-dealkylation sites (N-methyl/N-ethyl adjacent to an activating group) is 1. The molecule has 5 nitrogen and oxygen atoms in total. The van der Waals surface area contributed by atoms with Crippen LogP contribution in [0.5, 0.6) is 0 Å². The average Bonchev–Trinajstić information content (AvgIpc) is 2.65. The van der Waals surface area contributed by atoms with Crippen LogP contribution in [0.3, 0.4) is 0 Å². The van der Waals surface area contributed by atoms with Crippen molar-refractivity contribution in [3.05, 3.63) is 18.2 Å². The van der Waals surface area contributed by atoms with E-state index in [0.717, 1.165) is 5.69 Å². The van der Waals surface area contributed by atoms with Crippen LogP contribution in [0.4, 0.5) is 0 Å². The Hall–Kier alpha value is -0.630. The highest BCUT2D eigenvalue weighted by Crippen LogP contribution is 2.11. The Morgan fingerprint density at radius 3 is 3.00 bits per heavy atom. The van der Waals surface area contributed by atoms with Gasteiger partial charge in [-0.25, -0.2) is 8.10 Å². The number of nitrogens with zero attached hydrogens (tertiary/aromatic N) is 2. The van der Waals surface area contributed by atoms with Crippen LogP contribution in [-0.2, 0) is 11.2 Å². The monoisotopic (exact) mass is 309 g/mol. The fourth-order valence-electron chi connectivity index (χ4n) is 1.13. The zero-order chi connectivity index (χ0) is 10.6. The maximum absolute atomic E-state index is 10.9. The largest absolute Gasteiger partial charge is 0.480 e. The van der Waals surface area contributed by atoms with E-state index in [0.29, 0.717) is 13.0 Å². The molecule has 1 aromatic heterocycles. The number of carboxylic acid groups (broad SMARTS) is 1. The quantitative estimate of drug-likeness (QED) is 0.631. The third-order valence-corrected chi connectivity index (χ3v) is 3.24. The highest BCUT2D eigenvalue weighted by Gasteiger charge is 2.23. The fourth-order valence-corrected chi connectivity index (χ4v) is 1.56. The van der Waals surface area contributed by atoms with Crippen LogP contribution in [0.15, 0.2) is 12.5 Å². The zero-order valence-electron chi connectivity index (χ0n) is 7.77. The minimum atomic E-state index is -0.816. The molecule has 0 aliphatic carbocycles. The van der Waals surface area contributed by atoms with Gasteiger partial charge in [-0.3, -0.25) is 4.79 Å². The predicted molar refractivity (Wildman–Crippen MR) is 60.1 cm³/mol. The van der Waals surface area contributed by atoms with Crippen LogP contribution in [-0.4, -0.2) is 36.7 Å². The molecule has 1 aromatic rings. The van der Waals surface area contributed by atoms with Gasteiger partial charge in [-0.15, -0.1) is 0 Å². The van der Waals surface area contributed by atoms with Crippen molar-refractivity contribution < 1.29 is 9.90 Å². The number of rotatable bonds is 5. The number of hydrogen-bond acceptors (Lipinski definition) is 3. The summed E-state index contributed by atoms with van der Waals surface area (Å²) in [4.78, 5) is 17.8. The summed E-state index contributed by atoms with van der Waals surface area (Å²) >= 11 is 2.02. The molecular formula is C8H12IN3O2. The van der Waals surface area contributed by atoms with Gasteiger partial charge in [0, 0.05) is 42.0 Å². The molecule has 0 saturated heterocycles. The molecule has 0 saturated carbocycles. The standard InChI is InChI=1S/C8H12IN3O2/c1-2-12(9)7(8(13)14)3-6-4-10-5-11-6/h4-5,7H,2-3H2,1H3,(H,10,11)(H,13,14). The van der Waals surface area contributed by atoms with Crippen LogP contribution in [0.2, 0.25) is 0 Å². The van der Waals surface area contributed by atoms with E-state index in [4.69, 9.17) is 5.11 Å². The predicted octanol–water partition coefficient (Wildman–Crippen LogP) is 1.08. The summed E-state index contributed by atoms with van der Waals surface area (Å²) in [7, 11) is 0. The lowest BCUT2D eigenvalue weighted by Gasteiger charge is -2.19. The van der Waals surface area contributed by atoms with Crippen LogP contribution >= 0.6 is 22.9 Å². The highest BCUT2D eigenvalue weighted by molar-refractivity contribution is 14.1. The summed E-state index contributed by atoms with van der Waals surface area (Å²) in [6.07, 6.45) is 3.70. The number of imidazole rings is 1. The number of aromatic nitrogens is 2. The first-order valence-electron chi connectivity index (χ1n) is 4.28. The topological polar surface area (TPSA) is 69.2 Å². The molecule has 0 aromatic carbocycles. The molecular weight excluding hydrogens is 297 g/mol. The number of aliphatic carboxylic acids is 1. The van der Waals surface area contributed by atoms with Crippen molar-refractivity contribution in [2.45, 2.75) is 19.4 Å². The highest BCUT2D eigenvalue weighted by atomic mass is 127.